The van der Waals surface area contributed by atoms with Crippen LogP contribution in [0.4, 0.5) is 11.4 Å². The fourth-order valence-corrected chi connectivity index (χ4v) is 5.60. The molecule has 0 saturated heterocycles. The first kappa shape index (κ1) is 20.7. The topological polar surface area (TPSA) is 105 Å². The molecule has 28 heavy (non-hydrogen) atoms. The standard InChI is InChI=1S/C18H24N4O4S2/c1-19-16-9-8-15(10-17(16)22(23)24)28(25,26)21(2)11-14-12-27-18(20-14)13-6-4-3-5-7-13/h8-10,12-13,19H,3-7,11H2,1-2H3. The van der Waals surface area contributed by atoms with Gasteiger partial charge in [0.2, 0.25) is 10.0 Å². The van der Waals surface area contributed by atoms with Gasteiger partial charge in [-0.15, -0.1) is 11.3 Å². The Balaban J connectivity index is 1.78. The molecule has 0 aliphatic heterocycles. The number of hydrogen-bond donors (Lipinski definition) is 1. The van der Waals surface area contributed by atoms with Crippen LogP contribution < -0.4 is 5.32 Å². The van der Waals surface area contributed by atoms with Crippen LogP contribution in [-0.4, -0.2) is 36.7 Å². The average Bonchev–Trinajstić information content (AvgIpc) is 3.16. The van der Waals surface area contributed by atoms with Gasteiger partial charge in [-0.3, -0.25) is 10.1 Å². The van der Waals surface area contributed by atoms with E-state index in [2.05, 4.69) is 10.3 Å². The Hall–Kier alpha value is -2.04. The lowest BCUT2D eigenvalue weighted by Crippen LogP contribution is -2.26. The van der Waals surface area contributed by atoms with Gasteiger partial charge in [-0.05, 0) is 25.0 Å². The van der Waals surface area contributed by atoms with Gasteiger partial charge in [0, 0.05) is 31.5 Å². The third-order valence-electron chi connectivity index (χ3n) is 5.05. The van der Waals surface area contributed by atoms with Crippen molar-refractivity contribution in [1.29, 1.82) is 0 Å². The summed E-state index contributed by atoms with van der Waals surface area (Å²) in [7, 11) is -0.853. The van der Waals surface area contributed by atoms with Gasteiger partial charge in [-0.25, -0.2) is 13.4 Å². The lowest BCUT2D eigenvalue weighted by atomic mass is 9.90. The number of anilines is 1. The fraction of sp³-hybridized carbons (Fsp3) is 0.500. The quantitative estimate of drug-likeness (QED) is 0.533. The molecule has 3 rings (SSSR count). The number of nitro benzene ring substituents is 1. The van der Waals surface area contributed by atoms with E-state index in [1.54, 1.807) is 18.4 Å². The number of nitrogens with zero attached hydrogens (tertiary/aromatic N) is 3. The normalized spacial score (nSPS) is 15.7. The van der Waals surface area contributed by atoms with Crippen molar-refractivity contribution < 1.29 is 13.3 Å². The van der Waals surface area contributed by atoms with Crippen molar-refractivity contribution in [2.45, 2.75) is 49.5 Å². The van der Waals surface area contributed by atoms with Crippen LogP contribution in [0.1, 0.15) is 48.7 Å². The molecule has 1 aliphatic carbocycles. The molecule has 2 aromatic rings. The highest BCUT2D eigenvalue weighted by atomic mass is 32.2. The highest BCUT2D eigenvalue weighted by Gasteiger charge is 2.26. The summed E-state index contributed by atoms with van der Waals surface area (Å²) in [5.41, 5.74) is 0.700. The first-order chi connectivity index (χ1) is 13.3. The second-order valence-electron chi connectivity index (χ2n) is 6.96. The second kappa shape index (κ2) is 8.54. The van der Waals surface area contributed by atoms with Crippen LogP contribution in [-0.2, 0) is 16.6 Å². The second-order valence-corrected chi connectivity index (χ2v) is 9.89. The van der Waals surface area contributed by atoms with Crippen LogP contribution in [0.5, 0.6) is 0 Å². The van der Waals surface area contributed by atoms with Crippen LogP contribution >= 0.6 is 11.3 Å². The lowest BCUT2D eigenvalue weighted by Gasteiger charge is -2.19. The van der Waals surface area contributed by atoms with Gasteiger partial charge < -0.3 is 5.32 Å². The summed E-state index contributed by atoms with van der Waals surface area (Å²) in [4.78, 5) is 15.2. The molecular formula is C18H24N4O4S2. The monoisotopic (exact) mass is 424 g/mol. The van der Waals surface area contributed by atoms with E-state index in [0.29, 0.717) is 11.6 Å². The summed E-state index contributed by atoms with van der Waals surface area (Å²) in [6.45, 7) is 0.132. The van der Waals surface area contributed by atoms with E-state index >= 15 is 0 Å². The third kappa shape index (κ3) is 4.34. The van der Waals surface area contributed by atoms with E-state index in [0.717, 1.165) is 23.9 Å². The predicted octanol–water partition coefficient (Wildman–Crippen LogP) is 3.96. The maximum absolute atomic E-state index is 12.9. The minimum absolute atomic E-state index is 0.108. The molecule has 0 spiro atoms. The molecule has 1 N–H and O–H groups in total. The van der Waals surface area contributed by atoms with Crippen LogP contribution in [0.25, 0.3) is 0 Å². The van der Waals surface area contributed by atoms with Crippen molar-refractivity contribution in [3.05, 3.63) is 44.4 Å². The van der Waals surface area contributed by atoms with E-state index in [9.17, 15) is 18.5 Å². The molecule has 0 bridgehead atoms. The zero-order valence-electron chi connectivity index (χ0n) is 15.9. The SMILES string of the molecule is CNc1ccc(S(=O)(=O)N(C)Cc2csc(C3CCCCC3)n2)cc1[N+](=O)[O-]. The Morgan fingerprint density at radius 3 is 2.68 bits per heavy atom. The van der Waals surface area contributed by atoms with Crippen molar-refractivity contribution in [1.82, 2.24) is 9.29 Å². The Kier molecular flexibility index (Phi) is 6.31. The molecule has 1 heterocycles. The average molecular weight is 425 g/mol. The van der Waals surface area contributed by atoms with E-state index in [1.165, 1.54) is 42.7 Å². The van der Waals surface area contributed by atoms with Gasteiger partial charge in [0.05, 0.1) is 27.1 Å². The van der Waals surface area contributed by atoms with Crippen LogP contribution in [0.15, 0.2) is 28.5 Å². The number of hydrogen-bond acceptors (Lipinski definition) is 7. The van der Waals surface area contributed by atoms with Gasteiger partial charge >= 0.3 is 0 Å². The summed E-state index contributed by atoms with van der Waals surface area (Å²) in [5.74, 6) is 0.478. The summed E-state index contributed by atoms with van der Waals surface area (Å²) in [6, 6.07) is 3.87. The molecule has 0 atom stereocenters. The van der Waals surface area contributed by atoms with Crippen LogP contribution in [0.2, 0.25) is 0 Å². The van der Waals surface area contributed by atoms with Crippen molar-refractivity contribution in [2.24, 2.45) is 0 Å². The maximum atomic E-state index is 12.9. The van der Waals surface area contributed by atoms with Crippen molar-refractivity contribution >= 4 is 32.7 Å². The third-order valence-corrected chi connectivity index (χ3v) is 7.91. The molecular weight excluding hydrogens is 400 g/mol. The molecule has 0 amide bonds. The molecule has 10 heteroatoms. The number of nitrogens with one attached hydrogen (secondary N) is 1. The smallest absolute Gasteiger partial charge is 0.293 e. The number of benzene rings is 1. The molecule has 1 saturated carbocycles. The van der Waals surface area contributed by atoms with Gasteiger partial charge in [-0.1, -0.05) is 19.3 Å². The zero-order valence-corrected chi connectivity index (χ0v) is 17.6. The van der Waals surface area contributed by atoms with Crippen molar-refractivity contribution in [2.75, 3.05) is 19.4 Å². The summed E-state index contributed by atoms with van der Waals surface area (Å²) < 4.78 is 26.9. The van der Waals surface area contributed by atoms with Crippen LogP contribution in [0, 0.1) is 10.1 Å². The molecule has 0 radical (unpaired) electrons. The Morgan fingerprint density at radius 2 is 2.04 bits per heavy atom. The highest BCUT2D eigenvalue weighted by molar-refractivity contribution is 7.89. The van der Waals surface area contributed by atoms with E-state index in [1.807, 2.05) is 5.38 Å². The molecule has 1 aliphatic rings. The number of thiazole rings is 1. The summed E-state index contributed by atoms with van der Waals surface area (Å²) in [5, 5.41) is 16.9. The number of sulfonamides is 1. The first-order valence-corrected chi connectivity index (χ1v) is 11.5. The molecule has 0 unspecified atom stereocenters. The van der Waals surface area contributed by atoms with Gasteiger partial charge in [-0.2, -0.15) is 4.31 Å². The summed E-state index contributed by atoms with van der Waals surface area (Å²) in [6.07, 6.45) is 5.99. The highest BCUT2D eigenvalue weighted by Crippen LogP contribution is 2.34. The predicted molar refractivity (Wildman–Crippen MR) is 109 cm³/mol. The fourth-order valence-electron chi connectivity index (χ4n) is 3.46. The van der Waals surface area contributed by atoms with Crippen LogP contribution in [0.3, 0.4) is 0 Å². The molecule has 8 nitrogen and oxygen atoms in total. The van der Waals surface area contributed by atoms with Crippen molar-refractivity contribution in [3.8, 4) is 0 Å². The zero-order chi connectivity index (χ0) is 20.3. The number of rotatable bonds is 7. The molecule has 152 valence electrons. The van der Waals surface area contributed by atoms with Gasteiger partial charge in [0.1, 0.15) is 5.69 Å². The Bertz CT molecular complexity index is 952. The number of nitro groups is 1. The Labute approximate surface area is 168 Å². The minimum Gasteiger partial charge on any atom is -0.383 e. The molecule has 1 aromatic heterocycles. The van der Waals surface area contributed by atoms with E-state index in [4.69, 9.17) is 0 Å². The van der Waals surface area contributed by atoms with E-state index in [-0.39, 0.29) is 22.8 Å². The first-order valence-electron chi connectivity index (χ1n) is 9.19. The molecule has 1 fully saturated rings. The number of aromatic nitrogens is 1. The Morgan fingerprint density at radius 1 is 1.32 bits per heavy atom. The van der Waals surface area contributed by atoms with Gasteiger partial charge in [0.15, 0.2) is 0 Å². The van der Waals surface area contributed by atoms with Gasteiger partial charge in [0.25, 0.3) is 5.69 Å². The minimum atomic E-state index is -3.87. The van der Waals surface area contributed by atoms with Crippen molar-refractivity contribution in [3.63, 3.8) is 0 Å². The largest absolute Gasteiger partial charge is 0.383 e. The lowest BCUT2D eigenvalue weighted by molar-refractivity contribution is -0.384. The summed E-state index contributed by atoms with van der Waals surface area (Å²) >= 11 is 1.59. The maximum Gasteiger partial charge on any atom is 0.293 e. The molecule has 1 aromatic carbocycles. The van der Waals surface area contributed by atoms with E-state index < -0.39 is 14.9 Å².